The van der Waals surface area contributed by atoms with Crippen LogP contribution in [0.15, 0.2) is 54.2 Å². The van der Waals surface area contributed by atoms with Gasteiger partial charge in [0.25, 0.3) is 5.91 Å². The quantitative estimate of drug-likeness (QED) is 0.684. The molecule has 0 atom stereocenters. The predicted octanol–water partition coefficient (Wildman–Crippen LogP) is 2.77. The topological polar surface area (TPSA) is 96.5 Å². The number of benzene rings is 2. The standard InChI is InChI=1S/C20H21N3O4/c1-13(24)21-17-10-9-16(12-19(17)27-3)23-20(26)18(22-14(2)25)11-15-7-5-4-6-8-15/h4-12H,1-3H3,(H,21,24)(H,22,25)(H,23,26)/b18-11+. The van der Waals surface area contributed by atoms with Crippen molar-refractivity contribution >= 4 is 35.2 Å². The van der Waals surface area contributed by atoms with E-state index in [0.29, 0.717) is 17.1 Å². The molecule has 0 aromatic heterocycles. The SMILES string of the molecule is COc1cc(NC(=O)/C(=C\c2ccccc2)NC(C)=O)ccc1NC(C)=O. The van der Waals surface area contributed by atoms with Crippen LogP contribution in [-0.2, 0) is 14.4 Å². The molecule has 0 saturated heterocycles. The number of carbonyl (C=O) groups is 3. The van der Waals surface area contributed by atoms with Gasteiger partial charge in [0.05, 0.1) is 12.8 Å². The van der Waals surface area contributed by atoms with E-state index in [9.17, 15) is 14.4 Å². The lowest BCUT2D eigenvalue weighted by Gasteiger charge is -2.13. The van der Waals surface area contributed by atoms with E-state index in [1.165, 1.54) is 21.0 Å². The molecule has 2 aromatic rings. The van der Waals surface area contributed by atoms with E-state index in [1.54, 1.807) is 24.3 Å². The summed E-state index contributed by atoms with van der Waals surface area (Å²) in [5.74, 6) is -0.672. The van der Waals surface area contributed by atoms with Crippen LogP contribution >= 0.6 is 0 Å². The molecular weight excluding hydrogens is 346 g/mol. The molecule has 0 unspecified atom stereocenters. The summed E-state index contributed by atoms with van der Waals surface area (Å²) < 4.78 is 5.24. The Kier molecular flexibility index (Phi) is 6.71. The van der Waals surface area contributed by atoms with Crippen molar-refractivity contribution in [2.45, 2.75) is 13.8 Å². The van der Waals surface area contributed by atoms with Crippen LogP contribution in [0.4, 0.5) is 11.4 Å². The fourth-order valence-corrected chi connectivity index (χ4v) is 2.32. The van der Waals surface area contributed by atoms with E-state index < -0.39 is 5.91 Å². The normalized spacial score (nSPS) is 10.7. The van der Waals surface area contributed by atoms with E-state index in [1.807, 2.05) is 30.3 Å². The number of carbonyl (C=O) groups excluding carboxylic acids is 3. The van der Waals surface area contributed by atoms with Crippen molar-refractivity contribution in [3.63, 3.8) is 0 Å². The van der Waals surface area contributed by atoms with Gasteiger partial charge < -0.3 is 20.7 Å². The van der Waals surface area contributed by atoms with Gasteiger partial charge in [0.1, 0.15) is 11.4 Å². The summed E-state index contributed by atoms with van der Waals surface area (Å²) in [6.07, 6.45) is 1.58. The van der Waals surface area contributed by atoms with Crippen molar-refractivity contribution in [3.8, 4) is 5.75 Å². The fraction of sp³-hybridized carbons (Fsp3) is 0.150. The summed E-state index contributed by atoms with van der Waals surface area (Å²) >= 11 is 0. The number of methoxy groups -OCH3 is 1. The van der Waals surface area contributed by atoms with Gasteiger partial charge >= 0.3 is 0 Å². The lowest BCUT2D eigenvalue weighted by molar-refractivity contribution is -0.120. The first-order valence-corrected chi connectivity index (χ1v) is 8.20. The predicted molar refractivity (Wildman–Crippen MR) is 104 cm³/mol. The van der Waals surface area contributed by atoms with Crippen LogP contribution in [0.3, 0.4) is 0 Å². The molecule has 0 aliphatic rings. The highest BCUT2D eigenvalue weighted by molar-refractivity contribution is 6.08. The third-order valence-corrected chi connectivity index (χ3v) is 3.44. The van der Waals surface area contributed by atoms with Crippen molar-refractivity contribution in [1.82, 2.24) is 5.32 Å². The molecule has 0 radical (unpaired) electrons. The third-order valence-electron chi connectivity index (χ3n) is 3.44. The molecule has 3 amide bonds. The van der Waals surface area contributed by atoms with Crippen LogP contribution in [0, 0.1) is 0 Å². The first kappa shape index (κ1) is 19.7. The molecule has 0 saturated carbocycles. The van der Waals surface area contributed by atoms with Gasteiger partial charge in [-0.2, -0.15) is 0 Å². The smallest absolute Gasteiger partial charge is 0.272 e. The molecule has 140 valence electrons. The molecule has 0 heterocycles. The van der Waals surface area contributed by atoms with Gasteiger partial charge in [-0.3, -0.25) is 14.4 Å². The molecule has 3 N–H and O–H groups in total. The Bertz CT molecular complexity index is 876. The Morgan fingerprint density at radius 3 is 2.22 bits per heavy atom. The van der Waals surface area contributed by atoms with E-state index >= 15 is 0 Å². The van der Waals surface area contributed by atoms with Crippen molar-refractivity contribution in [3.05, 3.63) is 59.8 Å². The maximum absolute atomic E-state index is 12.6. The van der Waals surface area contributed by atoms with Crippen LogP contribution in [0.25, 0.3) is 6.08 Å². The zero-order valence-electron chi connectivity index (χ0n) is 15.3. The van der Waals surface area contributed by atoms with E-state index in [2.05, 4.69) is 16.0 Å². The van der Waals surface area contributed by atoms with Gasteiger partial charge in [-0.1, -0.05) is 30.3 Å². The number of amides is 3. The van der Waals surface area contributed by atoms with Gasteiger partial charge in [-0.25, -0.2) is 0 Å². The Hall–Kier alpha value is -3.61. The summed E-state index contributed by atoms with van der Waals surface area (Å²) in [5, 5.41) is 7.89. The molecule has 2 aromatic carbocycles. The van der Waals surface area contributed by atoms with Gasteiger partial charge in [0.15, 0.2) is 0 Å². The lowest BCUT2D eigenvalue weighted by Crippen LogP contribution is -2.29. The number of rotatable bonds is 6. The van der Waals surface area contributed by atoms with Crippen molar-refractivity contribution in [2.75, 3.05) is 17.7 Å². The number of hydrogen-bond acceptors (Lipinski definition) is 4. The van der Waals surface area contributed by atoms with E-state index in [-0.39, 0.29) is 17.5 Å². The second-order valence-electron chi connectivity index (χ2n) is 5.70. The molecule has 2 rings (SSSR count). The van der Waals surface area contributed by atoms with Gasteiger partial charge in [0, 0.05) is 25.6 Å². The number of anilines is 2. The first-order chi connectivity index (χ1) is 12.9. The zero-order valence-corrected chi connectivity index (χ0v) is 15.3. The van der Waals surface area contributed by atoms with Crippen molar-refractivity contribution in [2.24, 2.45) is 0 Å². The summed E-state index contributed by atoms with van der Waals surface area (Å²) in [6, 6.07) is 14.0. The Morgan fingerprint density at radius 1 is 0.926 bits per heavy atom. The number of hydrogen-bond donors (Lipinski definition) is 3. The van der Waals surface area contributed by atoms with Crippen molar-refractivity contribution in [1.29, 1.82) is 0 Å². The van der Waals surface area contributed by atoms with E-state index in [0.717, 1.165) is 5.56 Å². The minimum absolute atomic E-state index is 0.110. The minimum atomic E-state index is -0.483. The van der Waals surface area contributed by atoms with Gasteiger partial charge in [-0.05, 0) is 23.8 Å². The largest absolute Gasteiger partial charge is 0.494 e. The molecule has 7 nitrogen and oxygen atoms in total. The van der Waals surface area contributed by atoms with Crippen LogP contribution in [0.5, 0.6) is 5.75 Å². The van der Waals surface area contributed by atoms with Crippen molar-refractivity contribution < 1.29 is 19.1 Å². The highest BCUT2D eigenvalue weighted by Gasteiger charge is 2.13. The van der Waals surface area contributed by atoms with Crippen LogP contribution in [-0.4, -0.2) is 24.8 Å². The summed E-state index contributed by atoms with van der Waals surface area (Å²) in [5.41, 5.74) is 1.83. The number of ether oxygens (including phenoxy) is 1. The molecule has 27 heavy (non-hydrogen) atoms. The molecule has 0 aliphatic heterocycles. The molecule has 0 aliphatic carbocycles. The van der Waals surface area contributed by atoms with E-state index in [4.69, 9.17) is 4.74 Å². The average Bonchev–Trinajstić information content (AvgIpc) is 2.62. The monoisotopic (exact) mass is 367 g/mol. The summed E-state index contributed by atoms with van der Waals surface area (Å²) in [7, 11) is 1.46. The van der Waals surface area contributed by atoms with Gasteiger partial charge in [-0.15, -0.1) is 0 Å². The molecule has 0 bridgehead atoms. The average molecular weight is 367 g/mol. The molecule has 0 fully saturated rings. The summed E-state index contributed by atoms with van der Waals surface area (Å²) in [4.78, 5) is 35.3. The maximum Gasteiger partial charge on any atom is 0.272 e. The zero-order chi connectivity index (χ0) is 19.8. The molecule has 0 spiro atoms. The second kappa shape index (κ2) is 9.19. The van der Waals surface area contributed by atoms with Crippen LogP contribution in [0.2, 0.25) is 0 Å². The first-order valence-electron chi connectivity index (χ1n) is 8.20. The lowest BCUT2D eigenvalue weighted by atomic mass is 10.2. The second-order valence-corrected chi connectivity index (χ2v) is 5.70. The minimum Gasteiger partial charge on any atom is -0.494 e. The highest BCUT2D eigenvalue weighted by Crippen LogP contribution is 2.28. The Balaban J connectivity index is 2.25. The van der Waals surface area contributed by atoms with Gasteiger partial charge in [0.2, 0.25) is 11.8 Å². The summed E-state index contributed by atoms with van der Waals surface area (Å²) in [6.45, 7) is 2.72. The maximum atomic E-state index is 12.6. The molecule has 7 heteroatoms. The highest BCUT2D eigenvalue weighted by atomic mass is 16.5. The Labute approximate surface area is 157 Å². The fourth-order valence-electron chi connectivity index (χ4n) is 2.32. The third kappa shape index (κ3) is 6.00. The molecular formula is C20H21N3O4. The van der Waals surface area contributed by atoms with Crippen LogP contribution in [0.1, 0.15) is 19.4 Å². The van der Waals surface area contributed by atoms with Crippen LogP contribution < -0.4 is 20.7 Å². The number of nitrogens with one attached hydrogen (secondary N) is 3. The Morgan fingerprint density at radius 2 is 1.63 bits per heavy atom.